The third kappa shape index (κ3) is 11.0. The molecule has 1 amide bonds. The average Bonchev–Trinajstić information content (AvgIpc) is 2.90. The number of ether oxygens (including phenoxy) is 2. The number of hydrogen-bond acceptors (Lipinski definition) is 4. The summed E-state index contributed by atoms with van der Waals surface area (Å²) in [5, 5.41) is 14.0. The highest BCUT2D eigenvalue weighted by Crippen LogP contribution is 2.17. The minimum atomic E-state index is -0.905. The van der Waals surface area contributed by atoms with Gasteiger partial charge in [0.15, 0.2) is 0 Å². The van der Waals surface area contributed by atoms with E-state index >= 15 is 0 Å². The molecule has 3 rings (SSSR count). The molecule has 0 fully saturated rings. The Morgan fingerprint density at radius 3 is 1.86 bits per heavy atom. The Kier molecular flexibility index (Phi) is 10.9. The summed E-state index contributed by atoms with van der Waals surface area (Å²) in [6.45, 7) is 6.79. The first-order valence-electron chi connectivity index (χ1n) is 12.8. The average molecular weight is 502 g/mol. The van der Waals surface area contributed by atoms with Gasteiger partial charge in [0.25, 0.3) is 0 Å². The van der Waals surface area contributed by atoms with Crippen molar-refractivity contribution in [2.45, 2.75) is 58.0 Å². The zero-order valence-corrected chi connectivity index (χ0v) is 22.0. The van der Waals surface area contributed by atoms with Crippen LogP contribution in [0.4, 0.5) is 4.79 Å². The van der Waals surface area contributed by atoms with Crippen molar-refractivity contribution in [3.05, 3.63) is 120 Å². The van der Waals surface area contributed by atoms with Crippen molar-refractivity contribution in [1.82, 2.24) is 5.32 Å². The molecule has 0 heterocycles. The zero-order chi connectivity index (χ0) is 26.5. The quantitative estimate of drug-likeness (QED) is 0.294. The standard InChI is InChI=1S/C32H39NO4/c1-32(2,3)37-24-28(21-25-13-7-4-8-14-25)19-20-30(34)29(22-26-15-9-5-10-16-26)33-31(35)36-23-27-17-11-6-12-18-27/h4-20,28-30,34H,21-24H2,1-3H3,(H,33,35)/t28-,29-,30-/m0/s1. The maximum atomic E-state index is 12.6. The summed E-state index contributed by atoms with van der Waals surface area (Å²) in [7, 11) is 0. The van der Waals surface area contributed by atoms with E-state index in [1.165, 1.54) is 5.56 Å². The van der Waals surface area contributed by atoms with Crippen molar-refractivity contribution in [2.75, 3.05) is 6.61 Å². The molecule has 0 saturated carbocycles. The maximum Gasteiger partial charge on any atom is 0.407 e. The van der Waals surface area contributed by atoms with Crippen molar-refractivity contribution in [3.63, 3.8) is 0 Å². The molecule has 5 nitrogen and oxygen atoms in total. The highest BCUT2D eigenvalue weighted by molar-refractivity contribution is 5.67. The molecule has 3 aromatic rings. The van der Waals surface area contributed by atoms with Gasteiger partial charge in [-0.25, -0.2) is 4.79 Å². The van der Waals surface area contributed by atoms with Gasteiger partial charge in [-0.1, -0.05) is 103 Å². The van der Waals surface area contributed by atoms with Gasteiger partial charge in [0.05, 0.1) is 24.4 Å². The number of benzene rings is 3. The molecule has 0 radical (unpaired) electrons. The van der Waals surface area contributed by atoms with Gasteiger partial charge in [-0.15, -0.1) is 0 Å². The van der Waals surface area contributed by atoms with E-state index in [-0.39, 0.29) is 18.1 Å². The van der Waals surface area contributed by atoms with Crippen LogP contribution in [0.2, 0.25) is 0 Å². The second kappa shape index (κ2) is 14.4. The lowest BCUT2D eigenvalue weighted by atomic mass is 9.96. The van der Waals surface area contributed by atoms with E-state index in [4.69, 9.17) is 9.47 Å². The van der Waals surface area contributed by atoms with Crippen LogP contribution in [0.5, 0.6) is 0 Å². The summed E-state index contributed by atoms with van der Waals surface area (Å²) in [6, 6.07) is 29.0. The second-order valence-electron chi connectivity index (χ2n) is 10.3. The fourth-order valence-corrected chi connectivity index (χ4v) is 3.90. The van der Waals surface area contributed by atoms with E-state index in [1.54, 1.807) is 6.08 Å². The Balaban J connectivity index is 1.69. The third-order valence-electron chi connectivity index (χ3n) is 5.88. The number of hydrogen-bond donors (Lipinski definition) is 2. The first-order chi connectivity index (χ1) is 17.8. The minimum Gasteiger partial charge on any atom is -0.445 e. The number of aliphatic hydroxyl groups excluding tert-OH is 1. The van der Waals surface area contributed by atoms with Gasteiger partial charge in [0, 0.05) is 5.92 Å². The van der Waals surface area contributed by atoms with Gasteiger partial charge < -0.3 is 19.9 Å². The van der Waals surface area contributed by atoms with E-state index in [1.807, 2.05) is 106 Å². The summed E-state index contributed by atoms with van der Waals surface area (Å²) in [6.07, 6.45) is 3.56. The van der Waals surface area contributed by atoms with Crippen molar-refractivity contribution in [3.8, 4) is 0 Å². The molecule has 0 aliphatic heterocycles. The van der Waals surface area contributed by atoms with Gasteiger partial charge in [-0.2, -0.15) is 0 Å². The maximum absolute atomic E-state index is 12.6. The molecule has 0 bridgehead atoms. The number of carbonyl (C=O) groups excluding carboxylic acids is 1. The van der Waals surface area contributed by atoms with Crippen LogP contribution >= 0.6 is 0 Å². The highest BCUT2D eigenvalue weighted by Gasteiger charge is 2.22. The van der Waals surface area contributed by atoms with Gasteiger partial charge in [0.1, 0.15) is 6.61 Å². The molecule has 37 heavy (non-hydrogen) atoms. The number of alkyl carbamates (subject to hydrolysis) is 1. The summed E-state index contributed by atoms with van der Waals surface area (Å²) >= 11 is 0. The summed E-state index contributed by atoms with van der Waals surface area (Å²) < 4.78 is 11.5. The van der Waals surface area contributed by atoms with Crippen LogP contribution in [0.25, 0.3) is 0 Å². The van der Waals surface area contributed by atoms with Gasteiger partial charge >= 0.3 is 6.09 Å². The number of carbonyl (C=O) groups is 1. The van der Waals surface area contributed by atoms with Gasteiger partial charge in [-0.05, 0) is 50.3 Å². The molecule has 0 aliphatic rings. The Bertz CT molecular complexity index is 1080. The number of nitrogens with one attached hydrogen (secondary N) is 1. The first-order valence-corrected chi connectivity index (χ1v) is 12.8. The van der Waals surface area contributed by atoms with Crippen molar-refractivity contribution < 1.29 is 19.4 Å². The Morgan fingerprint density at radius 2 is 1.32 bits per heavy atom. The Morgan fingerprint density at radius 1 is 0.811 bits per heavy atom. The van der Waals surface area contributed by atoms with Crippen LogP contribution in [0.15, 0.2) is 103 Å². The lowest BCUT2D eigenvalue weighted by Gasteiger charge is -2.25. The molecule has 0 aliphatic carbocycles. The molecule has 196 valence electrons. The monoisotopic (exact) mass is 501 g/mol. The van der Waals surface area contributed by atoms with Crippen molar-refractivity contribution in [1.29, 1.82) is 0 Å². The van der Waals surface area contributed by atoms with Crippen molar-refractivity contribution in [2.24, 2.45) is 5.92 Å². The molecular formula is C32H39NO4. The molecule has 0 spiro atoms. The molecule has 5 heteroatoms. The molecule has 3 atom stereocenters. The Labute approximate surface area is 221 Å². The third-order valence-corrected chi connectivity index (χ3v) is 5.88. The van der Waals surface area contributed by atoms with Crippen LogP contribution in [-0.4, -0.2) is 35.6 Å². The number of rotatable bonds is 12. The van der Waals surface area contributed by atoms with Gasteiger partial charge in [0.2, 0.25) is 0 Å². The van der Waals surface area contributed by atoms with Crippen LogP contribution in [0, 0.1) is 5.92 Å². The normalized spacial score (nSPS) is 14.2. The summed E-state index contributed by atoms with van der Waals surface area (Å²) in [4.78, 5) is 12.6. The fourth-order valence-electron chi connectivity index (χ4n) is 3.90. The lowest BCUT2D eigenvalue weighted by molar-refractivity contribution is -0.0153. The molecule has 2 N–H and O–H groups in total. The molecule has 0 aromatic heterocycles. The zero-order valence-electron chi connectivity index (χ0n) is 22.0. The Hall–Kier alpha value is -3.41. The summed E-state index contributed by atoms with van der Waals surface area (Å²) in [5.74, 6) is 0.0682. The molecular weight excluding hydrogens is 462 g/mol. The summed E-state index contributed by atoms with van der Waals surface area (Å²) in [5.41, 5.74) is 2.86. The van der Waals surface area contributed by atoms with Gasteiger partial charge in [-0.3, -0.25) is 0 Å². The van der Waals surface area contributed by atoms with E-state index < -0.39 is 18.2 Å². The SMILES string of the molecule is CC(C)(C)OC[C@@H](C=C[C@H](O)[C@H](Cc1ccccc1)NC(=O)OCc1ccccc1)Cc1ccccc1. The van der Waals surface area contributed by atoms with E-state index in [0.29, 0.717) is 13.0 Å². The molecule has 3 aromatic carbocycles. The van der Waals surface area contributed by atoms with Crippen LogP contribution < -0.4 is 5.32 Å². The van der Waals surface area contributed by atoms with E-state index in [0.717, 1.165) is 17.5 Å². The lowest BCUT2D eigenvalue weighted by Crippen LogP contribution is -2.44. The van der Waals surface area contributed by atoms with E-state index in [2.05, 4.69) is 17.4 Å². The minimum absolute atomic E-state index is 0.0682. The van der Waals surface area contributed by atoms with Crippen molar-refractivity contribution >= 4 is 6.09 Å². The predicted octanol–water partition coefficient (Wildman–Crippen LogP) is 6.12. The first kappa shape index (κ1) is 28.2. The second-order valence-corrected chi connectivity index (χ2v) is 10.3. The topological polar surface area (TPSA) is 67.8 Å². The largest absolute Gasteiger partial charge is 0.445 e. The smallest absolute Gasteiger partial charge is 0.407 e. The highest BCUT2D eigenvalue weighted by atomic mass is 16.5. The predicted molar refractivity (Wildman–Crippen MR) is 148 cm³/mol. The number of amides is 1. The van der Waals surface area contributed by atoms with Crippen LogP contribution in [-0.2, 0) is 28.9 Å². The van der Waals surface area contributed by atoms with Crippen LogP contribution in [0.1, 0.15) is 37.5 Å². The van der Waals surface area contributed by atoms with E-state index in [9.17, 15) is 9.90 Å². The number of aliphatic hydroxyl groups is 1. The van der Waals surface area contributed by atoms with Crippen LogP contribution in [0.3, 0.4) is 0 Å². The molecule has 0 unspecified atom stereocenters. The molecule has 0 saturated heterocycles. The fraction of sp³-hybridized carbons (Fsp3) is 0.344.